The lowest BCUT2D eigenvalue weighted by atomic mass is 10.2. The highest BCUT2D eigenvalue weighted by molar-refractivity contribution is 7.98. The standard InChI is InChI=1S/C36H32N10O3S/c1-22(47)37-26-11-15-28(16-12-26)39-34-42-35(40-29-17-13-27(14-18-29)38-23(2)48)44-36(43-34)45-46-32(25-7-5-4-6-8-25)41-31(33(46)49)21-24-9-19-30(50-3)20-10-24/h4-21H,1-3H3,(H,37,47)(H,38,48)(H3,39,40,42,43,44,45)/b31-21+. The Hall–Kier alpha value is -6.54. The molecule has 1 aromatic heterocycles. The molecule has 0 aliphatic carbocycles. The molecular weight excluding hydrogens is 653 g/mol. The summed E-state index contributed by atoms with van der Waals surface area (Å²) < 4.78 is 0. The summed E-state index contributed by atoms with van der Waals surface area (Å²) in [5.41, 5.74) is 7.38. The van der Waals surface area contributed by atoms with Crippen molar-refractivity contribution in [1.29, 1.82) is 0 Å². The highest BCUT2D eigenvalue weighted by Gasteiger charge is 2.32. The van der Waals surface area contributed by atoms with Crippen molar-refractivity contribution in [2.45, 2.75) is 18.7 Å². The summed E-state index contributed by atoms with van der Waals surface area (Å²) in [6.45, 7) is 2.88. The predicted octanol–water partition coefficient (Wildman–Crippen LogP) is 6.65. The summed E-state index contributed by atoms with van der Waals surface area (Å²) in [7, 11) is 0. The molecule has 5 N–H and O–H groups in total. The van der Waals surface area contributed by atoms with E-state index in [1.807, 2.05) is 60.9 Å². The number of amides is 3. The van der Waals surface area contributed by atoms with Gasteiger partial charge in [-0.05, 0) is 78.6 Å². The summed E-state index contributed by atoms with van der Waals surface area (Å²) in [6.07, 6.45) is 3.74. The number of hydrogen-bond acceptors (Lipinski definition) is 11. The third kappa shape index (κ3) is 8.48. The number of rotatable bonds is 11. The molecule has 2 heterocycles. The number of carbonyl (C=O) groups is 3. The van der Waals surface area contributed by atoms with Crippen LogP contribution < -0.4 is 26.7 Å². The zero-order chi connectivity index (χ0) is 35.0. The summed E-state index contributed by atoms with van der Waals surface area (Å²) in [5.74, 6) is 0.00113. The number of aliphatic imine (C=N–C) groups is 1. The molecule has 0 saturated heterocycles. The molecule has 0 radical (unpaired) electrons. The Morgan fingerprint density at radius 3 is 1.66 bits per heavy atom. The van der Waals surface area contributed by atoms with Crippen molar-refractivity contribution in [2.24, 2.45) is 4.99 Å². The molecule has 0 atom stereocenters. The van der Waals surface area contributed by atoms with Crippen LogP contribution in [0.25, 0.3) is 6.08 Å². The van der Waals surface area contributed by atoms with E-state index in [-0.39, 0.29) is 35.4 Å². The Bertz CT molecular complexity index is 2010. The van der Waals surface area contributed by atoms with Gasteiger partial charge in [-0.25, -0.2) is 4.99 Å². The first-order valence-electron chi connectivity index (χ1n) is 15.4. The van der Waals surface area contributed by atoms with Crippen LogP contribution in [0.3, 0.4) is 0 Å². The van der Waals surface area contributed by atoms with Crippen LogP contribution >= 0.6 is 11.8 Å². The van der Waals surface area contributed by atoms with Gasteiger partial charge >= 0.3 is 0 Å². The largest absolute Gasteiger partial charge is 0.326 e. The quantitative estimate of drug-likeness (QED) is 0.0751. The van der Waals surface area contributed by atoms with E-state index in [4.69, 9.17) is 4.99 Å². The predicted molar refractivity (Wildman–Crippen MR) is 198 cm³/mol. The number of nitrogens with zero attached hydrogens (tertiary/aromatic N) is 5. The van der Waals surface area contributed by atoms with E-state index in [1.54, 1.807) is 66.4 Å². The second-order valence-electron chi connectivity index (χ2n) is 10.9. The second-order valence-corrected chi connectivity index (χ2v) is 11.8. The number of nitrogens with one attached hydrogen (secondary N) is 5. The van der Waals surface area contributed by atoms with Gasteiger partial charge in [0.15, 0.2) is 5.84 Å². The van der Waals surface area contributed by atoms with Crippen LogP contribution in [0.2, 0.25) is 0 Å². The number of thioether (sulfide) groups is 1. The molecular formula is C36H32N10O3S. The van der Waals surface area contributed by atoms with Gasteiger partial charge in [0.25, 0.3) is 5.91 Å². The molecule has 0 fully saturated rings. The topological polar surface area (TPSA) is 166 Å². The Morgan fingerprint density at radius 2 is 1.16 bits per heavy atom. The van der Waals surface area contributed by atoms with Crippen LogP contribution in [-0.4, -0.2) is 49.8 Å². The maximum absolute atomic E-state index is 13.9. The first kappa shape index (κ1) is 33.4. The van der Waals surface area contributed by atoms with Gasteiger partial charge in [-0.3, -0.25) is 19.8 Å². The summed E-state index contributed by atoms with van der Waals surface area (Å²) in [4.78, 5) is 56.4. The summed E-state index contributed by atoms with van der Waals surface area (Å²) in [6, 6.07) is 31.2. The van der Waals surface area contributed by atoms with Gasteiger partial charge in [0.05, 0.1) is 0 Å². The average Bonchev–Trinajstić information content (AvgIpc) is 3.40. The minimum Gasteiger partial charge on any atom is -0.326 e. The number of hydrogen-bond donors (Lipinski definition) is 5. The van der Waals surface area contributed by atoms with Crippen LogP contribution in [-0.2, 0) is 14.4 Å². The fourth-order valence-electron chi connectivity index (χ4n) is 4.84. The molecule has 0 bridgehead atoms. The molecule has 50 heavy (non-hydrogen) atoms. The van der Waals surface area contributed by atoms with Crippen LogP contribution in [0.15, 0.2) is 119 Å². The fourth-order valence-corrected chi connectivity index (χ4v) is 5.24. The average molecular weight is 685 g/mol. The van der Waals surface area contributed by atoms with E-state index in [9.17, 15) is 14.4 Å². The van der Waals surface area contributed by atoms with E-state index in [2.05, 4.69) is 41.6 Å². The smallest absolute Gasteiger partial charge is 0.297 e. The molecule has 6 rings (SSSR count). The Kier molecular flexibility index (Phi) is 10.1. The van der Waals surface area contributed by atoms with Gasteiger partial charge < -0.3 is 21.3 Å². The van der Waals surface area contributed by atoms with Crippen molar-refractivity contribution >= 4 is 82.0 Å². The molecule has 1 aliphatic heterocycles. The van der Waals surface area contributed by atoms with Gasteiger partial charge in [0.1, 0.15) is 5.70 Å². The molecule has 250 valence electrons. The Labute approximate surface area is 292 Å². The maximum atomic E-state index is 13.9. The molecule has 3 amide bonds. The molecule has 5 aromatic rings. The normalized spacial score (nSPS) is 13.1. The zero-order valence-corrected chi connectivity index (χ0v) is 28.1. The van der Waals surface area contributed by atoms with E-state index in [0.717, 1.165) is 10.5 Å². The lowest BCUT2D eigenvalue weighted by Gasteiger charge is -2.20. The van der Waals surface area contributed by atoms with Gasteiger partial charge in [0, 0.05) is 47.1 Å². The molecule has 13 nitrogen and oxygen atoms in total. The molecule has 0 spiro atoms. The third-order valence-electron chi connectivity index (χ3n) is 7.08. The highest BCUT2D eigenvalue weighted by atomic mass is 32.2. The van der Waals surface area contributed by atoms with E-state index in [0.29, 0.717) is 34.1 Å². The number of benzene rings is 4. The zero-order valence-electron chi connectivity index (χ0n) is 27.3. The number of aromatic nitrogens is 3. The fraction of sp³-hybridized carbons (Fsp3) is 0.0833. The van der Waals surface area contributed by atoms with E-state index < -0.39 is 5.91 Å². The lowest BCUT2D eigenvalue weighted by Crippen LogP contribution is -2.38. The van der Waals surface area contributed by atoms with E-state index >= 15 is 0 Å². The second kappa shape index (κ2) is 15.1. The van der Waals surface area contributed by atoms with Crippen LogP contribution in [0, 0.1) is 0 Å². The number of amidine groups is 1. The number of hydrazine groups is 1. The third-order valence-corrected chi connectivity index (χ3v) is 7.83. The van der Waals surface area contributed by atoms with Crippen molar-refractivity contribution in [3.8, 4) is 0 Å². The van der Waals surface area contributed by atoms with Gasteiger partial charge in [-0.15, -0.1) is 11.8 Å². The van der Waals surface area contributed by atoms with Crippen LogP contribution in [0.4, 0.5) is 40.6 Å². The Morgan fingerprint density at radius 1 is 0.660 bits per heavy atom. The first-order chi connectivity index (χ1) is 24.2. The van der Waals surface area contributed by atoms with Crippen molar-refractivity contribution in [2.75, 3.05) is 32.9 Å². The highest BCUT2D eigenvalue weighted by Crippen LogP contribution is 2.26. The van der Waals surface area contributed by atoms with Crippen molar-refractivity contribution in [3.63, 3.8) is 0 Å². The van der Waals surface area contributed by atoms with Crippen molar-refractivity contribution < 1.29 is 14.4 Å². The summed E-state index contributed by atoms with van der Waals surface area (Å²) >= 11 is 1.64. The summed E-state index contributed by atoms with van der Waals surface area (Å²) in [5, 5.41) is 13.1. The maximum Gasteiger partial charge on any atom is 0.297 e. The molecule has 14 heteroatoms. The molecule has 0 unspecified atom stereocenters. The monoisotopic (exact) mass is 684 g/mol. The van der Waals surface area contributed by atoms with Crippen molar-refractivity contribution in [3.05, 3.63) is 120 Å². The SMILES string of the molecule is CSc1ccc(/C=C2/N=C(c3ccccc3)N(Nc3nc(Nc4ccc(NC(C)=O)cc4)nc(Nc4ccc(NC(C)=O)cc4)n3)C2=O)cc1. The van der Waals surface area contributed by atoms with Crippen LogP contribution in [0.5, 0.6) is 0 Å². The van der Waals surface area contributed by atoms with Gasteiger partial charge in [0.2, 0.25) is 29.7 Å². The van der Waals surface area contributed by atoms with Gasteiger partial charge in [-0.1, -0.05) is 42.5 Å². The van der Waals surface area contributed by atoms with Crippen molar-refractivity contribution in [1.82, 2.24) is 20.0 Å². The number of carbonyl (C=O) groups excluding carboxylic acids is 3. The van der Waals surface area contributed by atoms with Crippen LogP contribution in [0.1, 0.15) is 25.0 Å². The molecule has 1 aliphatic rings. The van der Waals surface area contributed by atoms with Gasteiger partial charge in [-0.2, -0.15) is 20.0 Å². The number of anilines is 7. The molecule has 4 aromatic carbocycles. The Balaban J connectivity index is 1.33. The molecule has 0 saturated carbocycles. The minimum atomic E-state index is -0.399. The minimum absolute atomic E-state index is 0.0530. The first-order valence-corrected chi connectivity index (χ1v) is 16.6. The lowest BCUT2D eigenvalue weighted by molar-refractivity contribution is -0.121. The van der Waals surface area contributed by atoms with E-state index in [1.165, 1.54) is 18.9 Å².